The molecule has 0 radical (unpaired) electrons. The summed E-state index contributed by atoms with van der Waals surface area (Å²) in [5.74, 6) is -1.85. The molecule has 0 bridgehead atoms. The molecular weight excluding hydrogens is 518 g/mol. The molecule has 38 heavy (non-hydrogen) atoms. The van der Waals surface area contributed by atoms with Gasteiger partial charge in [-0.3, -0.25) is 9.59 Å². The Morgan fingerprint density at radius 1 is 0.763 bits per heavy atom. The molecule has 1 N–H and O–H groups in total. The zero-order chi connectivity index (χ0) is 27.1. The molecule has 2 unspecified atom stereocenters. The SMILES string of the molecule is Cc1ccc(S(=O)(=O)NCC(C(=O)c2ccccc2)C(CC(=O)c2ccccc2)c2ccc(Cl)cc2)cc1. The van der Waals surface area contributed by atoms with Gasteiger partial charge in [0.2, 0.25) is 10.0 Å². The summed E-state index contributed by atoms with van der Waals surface area (Å²) in [6.07, 6.45) is 0.0150. The van der Waals surface area contributed by atoms with Crippen LogP contribution in [0.1, 0.15) is 44.2 Å². The second-order valence-corrected chi connectivity index (χ2v) is 11.4. The first-order valence-electron chi connectivity index (χ1n) is 12.2. The van der Waals surface area contributed by atoms with Gasteiger partial charge in [-0.05, 0) is 36.8 Å². The smallest absolute Gasteiger partial charge is 0.240 e. The first-order chi connectivity index (χ1) is 18.2. The second-order valence-electron chi connectivity index (χ2n) is 9.15. The molecule has 0 aliphatic rings. The molecule has 0 amide bonds. The van der Waals surface area contributed by atoms with Crippen molar-refractivity contribution < 1.29 is 18.0 Å². The number of hydrogen-bond acceptors (Lipinski definition) is 4. The Bertz CT molecular complexity index is 1490. The van der Waals surface area contributed by atoms with Gasteiger partial charge in [0, 0.05) is 41.0 Å². The van der Waals surface area contributed by atoms with Gasteiger partial charge in [0.25, 0.3) is 0 Å². The lowest BCUT2D eigenvalue weighted by molar-refractivity contribution is 0.0879. The molecular formula is C31H28ClNO4S. The highest BCUT2D eigenvalue weighted by molar-refractivity contribution is 7.89. The van der Waals surface area contributed by atoms with Crippen molar-refractivity contribution in [2.45, 2.75) is 24.2 Å². The van der Waals surface area contributed by atoms with Gasteiger partial charge in [0.05, 0.1) is 4.90 Å². The van der Waals surface area contributed by atoms with Crippen LogP contribution in [0.5, 0.6) is 0 Å². The molecule has 4 rings (SSSR count). The largest absolute Gasteiger partial charge is 0.294 e. The van der Waals surface area contributed by atoms with Crippen LogP contribution in [0.15, 0.2) is 114 Å². The number of nitrogens with one attached hydrogen (secondary N) is 1. The number of ketones is 2. The number of sulfonamides is 1. The number of carbonyl (C=O) groups is 2. The number of benzene rings is 4. The van der Waals surface area contributed by atoms with Crippen molar-refractivity contribution in [3.8, 4) is 0 Å². The Hall–Kier alpha value is -3.58. The van der Waals surface area contributed by atoms with Crippen LogP contribution in [0.3, 0.4) is 0 Å². The van der Waals surface area contributed by atoms with Crippen molar-refractivity contribution in [3.63, 3.8) is 0 Å². The van der Waals surface area contributed by atoms with Crippen LogP contribution >= 0.6 is 11.6 Å². The summed E-state index contributed by atoms with van der Waals surface area (Å²) in [6.45, 7) is 1.69. The van der Waals surface area contributed by atoms with Crippen molar-refractivity contribution in [2.75, 3.05) is 6.54 Å². The standard InChI is InChI=1S/C31H28ClNO4S/c1-22-12-18-27(19-13-22)38(36,37)33-21-29(31(35)25-10-6-3-7-11-25)28(23-14-16-26(32)17-15-23)20-30(34)24-8-4-2-5-9-24/h2-19,28-29,33H,20-21H2,1H3. The molecule has 0 heterocycles. The Morgan fingerprint density at radius 2 is 1.32 bits per heavy atom. The van der Waals surface area contributed by atoms with E-state index in [0.717, 1.165) is 11.1 Å². The number of rotatable bonds is 11. The third-order valence-electron chi connectivity index (χ3n) is 6.50. The summed E-state index contributed by atoms with van der Waals surface area (Å²) in [4.78, 5) is 27.3. The van der Waals surface area contributed by atoms with Gasteiger partial charge in [-0.1, -0.05) is 102 Å². The highest BCUT2D eigenvalue weighted by Gasteiger charge is 2.33. The summed E-state index contributed by atoms with van der Waals surface area (Å²) in [6, 6.07) is 31.0. The first-order valence-corrected chi connectivity index (χ1v) is 14.1. The summed E-state index contributed by atoms with van der Waals surface area (Å²) < 4.78 is 28.9. The molecule has 0 aliphatic heterocycles. The van der Waals surface area contributed by atoms with Crippen LogP contribution in [0.2, 0.25) is 5.02 Å². The number of halogens is 1. The zero-order valence-electron chi connectivity index (χ0n) is 20.9. The third-order valence-corrected chi connectivity index (χ3v) is 8.20. The lowest BCUT2D eigenvalue weighted by Crippen LogP contribution is -2.37. The molecule has 0 fully saturated rings. The predicted molar refractivity (Wildman–Crippen MR) is 150 cm³/mol. The van der Waals surface area contributed by atoms with Gasteiger partial charge < -0.3 is 0 Å². The summed E-state index contributed by atoms with van der Waals surface area (Å²) in [5.41, 5.74) is 2.63. The maximum absolute atomic E-state index is 13.9. The molecule has 0 saturated heterocycles. The summed E-state index contributed by atoms with van der Waals surface area (Å²) in [7, 11) is -3.90. The molecule has 4 aromatic carbocycles. The highest BCUT2D eigenvalue weighted by atomic mass is 35.5. The lowest BCUT2D eigenvalue weighted by Gasteiger charge is -2.27. The highest BCUT2D eigenvalue weighted by Crippen LogP contribution is 2.33. The predicted octanol–water partition coefficient (Wildman–Crippen LogP) is 6.48. The van der Waals surface area contributed by atoms with E-state index in [0.29, 0.717) is 16.1 Å². The van der Waals surface area contributed by atoms with Crippen LogP contribution in [0.4, 0.5) is 0 Å². The minimum absolute atomic E-state index is 0.0150. The van der Waals surface area contributed by atoms with E-state index in [1.807, 2.05) is 19.1 Å². The molecule has 0 aliphatic carbocycles. The fraction of sp³-hybridized carbons (Fsp3) is 0.161. The van der Waals surface area contributed by atoms with Crippen molar-refractivity contribution in [1.82, 2.24) is 4.72 Å². The van der Waals surface area contributed by atoms with Gasteiger partial charge in [-0.2, -0.15) is 0 Å². The minimum Gasteiger partial charge on any atom is -0.294 e. The normalized spacial score (nSPS) is 13.0. The van der Waals surface area contributed by atoms with E-state index in [1.165, 1.54) is 12.1 Å². The molecule has 194 valence electrons. The van der Waals surface area contributed by atoms with Crippen molar-refractivity contribution >= 4 is 33.2 Å². The fourth-order valence-electron chi connectivity index (χ4n) is 4.38. The van der Waals surface area contributed by atoms with E-state index in [4.69, 9.17) is 11.6 Å². The Kier molecular flexibility index (Phi) is 8.89. The fourth-order valence-corrected chi connectivity index (χ4v) is 5.56. The third kappa shape index (κ3) is 6.84. The minimum atomic E-state index is -3.90. The molecule has 0 aromatic heterocycles. The van der Waals surface area contributed by atoms with Gasteiger partial charge in [0.15, 0.2) is 11.6 Å². The lowest BCUT2D eigenvalue weighted by atomic mass is 9.78. The van der Waals surface area contributed by atoms with E-state index in [2.05, 4.69) is 4.72 Å². The van der Waals surface area contributed by atoms with Crippen molar-refractivity contribution in [1.29, 1.82) is 0 Å². The maximum atomic E-state index is 13.9. The molecule has 4 aromatic rings. The molecule has 2 atom stereocenters. The van der Waals surface area contributed by atoms with Crippen LogP contribution in [0, 0.1) is 12.8 Å². The number of aryl methyl sites for hydroxylation is 1. The Balaban J connectivity index is 1.73. The Morgan fingerprint density at radius 3 is 1.89 bits per heavy atom. The average molecular weight is 546 g/mol. The van der Waals surface area contributed by atoms with E-state index in [-0.39, 0.29) is 29.4 Å². The maximum Gasteiger partial charge on any atom is 0.240 e. The molecule has 5 nitrogen and oxygen atoms in total. The topological polar surface area (TPSA) is 80.3 Å². The monoisotopic (exact) mass is 545 g/mol. The van der Waals surface area contributed by atoms with Crippen LogP contribution in [-0.4, -0.2) is 26.5 Å². The number of Topliss-reactive ketones (excluding diaryl/α,β-unsaturated/α-hetero) is 2. The first kappa shape index (κ1) is 27.5. The van der Waals surface area contributed by atoms with Crippen LogP contribution < -0.4 is 4.72 Å². The van der Waals surface area contributed by atoms with E-state index < -0.39 is 21.9 Å². The van der Waals surface area contributed by atoms with Crippen LogP contribution in [-0.2, 0) is 10.0 Å². The Labute approximate surface area is 228 Å². The second kappa shape index (κ2) is 12.3. The van der Waals surface area contributed by atoms with Gasteiger partial charge in [-0.25, -0.2) is 13.1 Å². The van der Waals surface area contributed by atoms with E-state index >= 15 is 0 Å². The van der Waals surface area contributed by atoms with E-state index in [9.17, 15) is 18.0 Å². The summed E-state index contributed by atoms with van der Waals surface area (Å²) >= 11 is 6.13. The van der Waals surface area contributed by atoms with Crippen molar-refractivity contribution in [2.24, 2.45) is 5.92 Å². The number of carbonyl (C=O) groups excluding carboxylic acids is 2. The van der Waals surface area contributed by atoms with Gasteiger partial charge in [0.1, 0.15) is 0 Å². The van der Waals surface area contributed by atoms with Gasteiger partial charge >= 0.3 is 0 Å². The molecule has 7 heteroatoms. The van der Waals surface area contributed by atoms with Crippen LogP contribution in [0.25, 0.3) is 0 Å². The average Bonchev–Trinajstić information content (AvgIpc) is 2.94. The molecule has 0 spiro atoms. The number of hydrogen-bond donors (Lipinski definition) is 1. The van der Waals surface area contributed by atoms with Crippen molar-refractivity contribution in [3.05, 3.63) is 136 Å². The van der Waals surface area contributed by atoms with Gasteiger partial charge in [-0.15, -0.1) is 0 Å². The quantitative estimate of drug-likeness (QED) is 0.219. The summed E-state index contributed by atoms with van der Waals surface area (Å²) in [5, 5.41) is 0.521. The molecule has 0 saturated carbocycles. The van der Waals surface area contributed by atoms with E-state index in [1.54, 1.807) is 84.9 Å². The zero-order valence-corrected chi connectivity index (χ0v) is 22.5.